The molecule has 0 saturated heterocycles. The van der Waals surface area contributed by atoms with E-state index >= 15 is 0 Å². The molecule has 0 radical (unpaired) electrons. The molecular formula is C13H16F3NO2. The summed E-state index contributed by atoms with van der Waals surface area (Å²) in [6.07, 6.45) is -3.54. The molecule has 1 aromatic carbocycles. The first kappa shape index (κ1) is 15.3. The Hall–Kier alpha value is -1.72. The highest BCUT2D eigenvalue weighted by Gasteiger charge is 2.31. The Morgan fingerprint density at radius 2 is 2.00 bits per heavy atom. The maximum atomic E-state index is 12.6. The van der Waals surface area contributed by atoms with Gasteiger partial charge < -0.3 is 10.1 Å². The molecule has 0 aliphatic carbocycles. The second-order valence-electron chi connectivity index (χ2n) is 3.96. The van der Waals surface area contributed by atoms with Crippen molar-refractivity contribution in [3.05, 3.63) is 23.8 Å². The lowest BCUT2D eigenvalue weighted by Crippen LogP contribution is -2.13. The van der Waals surface area contributed by atoms with Gasteiger partial charge in [-0.05, 0) is 24.6 Å². The number of carbonyl (C=O) groups is 1. The molecule has 106 valence electrons. The normalized spacial score (nSPS) is 11.2. The molecule has 0 unspecified atom stereocenters. The summed E-state index contributed by atoms with van der Waals surface area (Å²) in [6.45, 7) is 3.88. The average Bonchev–Trinajstić information content (AvgIpc) is 2.35. The van der Waals surface area contributed by atoms with Crippen LogP contribution in [0, 0.1) is 0 Å². The number of alkyl halides is 3. The van der Waals surface area contributed by atoms with E-state index in [0.29, 0.717) is 6.61 Å². The summed E-state index contributed by atoms with van der Waals surface area (Å²) in [5.41, 5.74) is -0.766. The maximum absolute atomic E-state index is 12.6. The highest BCUT2D eigenvalue weighted by molar-refractivity contribution is 5.92. The Balaban J connectivity index is 3.07. The maximum Gasteiger partial charge on any atom is 0.416 e. The zero-order valence-corrected chi connectivity index (χ0v) is 10.8. The average molecular weight is 275 g/mol. The van der Waals surface area contributed by atoms with Crippen molar-refractivity contribution in [1.82, 2.24) is 0 Å². The topological polar surface area (TPSA) is 38.3 Å². The standard InChI is InChI=1S/C13H16F3NO2/c1-3-7-19-11-6-5-9(13(14,15)16)8-10(11)17-12(18)4-2/h5-6,8H,3-4,7H2,1-2H3,(H,17,18). The van der Waals surface area contributed by atoms with Gasteiger partial charge in [0.25, 0.3) is 0 Å². The smallest absolute Gasteiger partial charge is 0.416 e. The Morgan fingerprint density at radius 3 is 2.53 bits per heavy atom. The molecule has 0 saturated carbocycles. The van der Waals surface area contributed by atoms with Gasteiger partial charge in [0.1, 0.15) is 5.75 Å². The summed E-state index contributed by atoms with van der Waals surface area (Å²) in [5, 5.41) is 2.42. The minimum Gasteiger partial charge on any atom is -0.491 e. The van der Waals surface area contributed by atoms with Crippen LogP contribution in [0.2, 0.25) is 0 Å². The first-order valence-electron chi connectivity index (χ1n) is 6.02. The highest BCUT2D eigenvalue weighted by Crippen LogP contribution is 2.35. The Labute approximate surface area is 109 Å². The van der Waals surface area contributed by atoms with Crippen molar-refractivity contribution in [3.63, 3.8) is 0 Å². The number of benzene rings is 1. The van der Waals surface area contributed by atoms with E-state index in [2.05, 4.69) is 5.32 Å². The van der Waals surface area contributed by atoms with Crippen LogP contribution >= 0.6 is 0 Å². The van der Waals surface area contributed by atoms with Crippen LogP contribution in [0.1, 0.15) is 32.3 Å². The molecular weight excluding hydrogens is 259 g/mol. The first-order valence-corrected chi connectivity index (χ1v) is 6.02. The number of rotatable bonds is 5. The molecule has 1 rings (SSSR count). The summed E-state index contributed by atoms with van der Waals surface area (Å²) in [4.78, 5) is 11.3. The molecule has 0 aromatic heterocycles. The van der Waals surface area contributed by atoms with Crippen molar-refractivity contribution < 1.29 is 22.7 Å². The number of nitrogens with one attached hydrogen (secondary N) is 1. The summed E-state index contributed by atoms with van der Waals surface area (Å²) in [7, 11) is 0. The van der Waals surface area contributed by atoms with Gasteiger partial charge in [-0.25, -0.2) is 0 Å². The third kappa shape index (κ3) is 4.46. The number of hydrogen-bond donors (Lipinski definition) is 1. The van der Waals surface area contributed by atoms with Crippen LogP contribution in [0.5, 0.6) is 5.75 Å². The van der Waals surface area contributed by atoms with Crippen LogP contribution < -0.4 is 10.1 Å². The van der Waals surface area contributed by atoms with Crippen molar-refractivity contribution in [2.75, 3.05) is 11.9 Å². The Kier molecular flexibility index (Phi) is 5.20. The number of carbonyl (C=O) groups excluding carboxylic acids is 1. The van der Waals surface area contributed by atoms with Gasteiger partial charge >= 0.3 is 6.18 Å². The third-order valence-corrected chi connectivity index (χ3v) is 2.36. The monoisotopic (exact) mass is 275 g/mol. The number of halogens is 3. The summed E-state index contributed by atoms with van der Waals surface area (Å²) < 4.78 is 43.2. The number of amides is 1. The molecule has 0 aliphatic rings. The van der Waals surface area contributed by atoms with Crippen molar-refractivity contribution in [2.24, 2.45) is 0 Å². The third-order valence-electron chi connectivity index (χ3n) is 2.36. The van der Waals surface area contributed by atoms with E-state index < -0.39 is 11.7 Å². The molecule has 0 bridgehead atoms. The molecule has 1 aromatic rings. The molecule has 0 heterocycles. The molecule has 6 heteroatoms. The predicted octanol–water partition coefficient (Wildman–Crippen LogP) is 3.84. The van der Waals surface area contributed by atoms with E-state index in [1.807, 2.05) is 6.92 Å². The molecule has 0 fully saturated rings. The molecule has 1 N–H and O–H groups in total. The molecule has 3 nitrogen and oxygen atoms in total. The SMILES string of the molecule is CCCOc1ccc(C(F)(F)F)cc1NC(=O)CC. The van der Waals surface area contributed by atoms with Crippen LogP contribution in [-0.2, 0) is 11.0 Å². The molecule has 1 amide bonds. The quantitative estimate of drug-likeness (QED) is 0.886. The van der Waals surface area contributed by atoms with Crippen molar-refractivity contribution >= 4 is 11.6 Å². The van der Waals surface area contributed by atoms with E-state index in [4.69, 9.17) is 4.74 Å². The Bertz CT molecular complexity index is 444. The van der Waals surface area contributed by atoms with Crippen molar-refractivity contribution in [1.29, 1.82) is 0 Å². The second-order valence-corrected chi connectivity index (χ2v) is 3.96. The molecule has 0 atom stereocenters. The van der Waals surface area contributed by atoms with Crippen LogP contribution in [0.25, 0.3) is 0 Å². The van der Waals surface area contributed by atoms with Crippen molar-refractivity contribution in [3.8, 4) is 5.75 Å². The van der Waals surface area contributed by atoms with E-state index in [1.54, 1.807) is 6.92 Å². The fourth-order valence-electron chi connectivity index (χ4n) is 1.38. The lowest BCUT2D eigenvalue weighted by atomic mass is 10.1. The fraction of sp³-hybridized carbons (Fsp3) is 0.462. The first-order chi connectivity index (χ1) is 8.88. The molecule has 0 spiro atoms. The van der Waals surface area contributed by atoms with Gasteiger partial charge in [0, 0.05) is 6.42 Å². The van der Waals surface area contributed by atoms with Gasteiger partial charge in [-0.1, -0.05) is 13.8 Å². The minimum atomic E-state index is -4.45. The number of hydrogen-bond acceptors (Lipinski definition) is 2. The van der Waals surface area contributed by atoms with Crippen LogP contribution in [0.4, 0.5) is 18.9 Å². The zero-order chi connectivity index (χ0) is 14.5. The molecule has 19 heavy (non-hydrogen) atoms. The van der Waals surface area contributed by atoms with Crippen LogP contribution in [0.15, 0.2) is 18.2 Å². The number of ether oxygens (including phenoxy) is 1. The van der Waals surface area contributed by atoms with Crippen molar-refractivity contribution in [2.45, 2.75) is 32.9 Å². The van der Waals surface area contributed by atoms with Gasteiger partial charge in [0.05, 0.1) is 17.9 Å². The van der Waals surface area contributed by atoms with Gasteiger partial charge in [0.15, 0.2) is 0 Å². The van der Waals surface area contributed by atoms with E-state index in [9.17, 15) is 18.0 Å². The fourth-order valence-corrected chi connectivity index (χ4v) is 1.38. The van der Waals surface area contributed by atoms with Crippen LogP contribution in [-0.4, -0.2) is 12.5 Å². The summed E-state index contributed by atoms with van der Waals surface area (Å²) >= 11 is 0. The Morgan fingerprint density at radius 1 is 1.32 bits per heavy atom. The van der Waals surface area contributed by atoms with Gasteiger partial charge in [-0.3, -0.25) is 4.79 Å². The van der Waals surface area contributed by atoms with E-state index in [-0.39, 0.29) is 23.8 Å². The zero-order valence-electron chi connectivity index (χ0n) is 10.8. The number of anilines is 1. The lowest BCUT2D eigenvalue weighted by Gasteiger charge is -2.14. The predicted molar refractivity (Wildman–Crippen MR) is 66.2 cm³/mol. The summed E-state index contributed by atoms with van der Waals surface area (Å²) in [5.74, 6) is -0.114. The van der Waals surface area contributed by atoms with Gasteiger partial charge in [-0.15, -0.1) is 0 Å². The largest absolute Gasteiger partial charge is 0.491 e. The second kappa shape index (κ2) is 6.45. The minimum absolute atomic E-state index is 0.0510. The van der Waals surface area contributed by atoms with Crippen LogP contribution in [0.3, 0.4) is 0 Å². The lowest BCUT2D eigenvalue weighted by molar-refractivity contribution is -0.137. The van der Waals surface area contributed by atoms with Gasteiger partial charge in [-0.2, -0.15) is 13.2 Å². The summed E-state index contributed by atoms with van der Waals surface area (Å²) in [6, 6.07) is 3.05. The molecule has 0 aliphatic heterocycles. The van der Waals surface area contributed by atoms with Gasteiger partial charge in [0.2, 0.25) is 5.91 Å². The van der Waals surface area contributed by atoms with E-state index in [1.165, 1.54) is 6.07 Å². The van der Waals surface area contributed by atoms with E-state index in [0.717, 1.165) is 18.6 Å². The highest BCUT2D eigenvalue weighted by atomic mass is 19.4.